The van der Waals surface area contributed by atoms with Crippen molar-refractivity contribution in [2.75, 3.05) is 28.2 Å². The summed E-state index contributed by atoms with van der Waals surface area (Å²) in [6.45, 7) is 6.71. The normalized spacial score (nSPS) is 16.2. The van der Waals surface area contributed by atoms with Crippen LogP contribution in [-0.2, 0) is 17.9 Å². The number of benzene rings is 1. The molecule has 1 amide bonds. The highest BCUT2D eigenvalue weighted by Crippen LogP contribution is 2.38. The van der Waals surface area contributed by atoms with E-state index in [-0.39, 0.29) is 17.6 Å². The maximum Gasteiger partial charge on any atom is 0.230 e. The highest BCUT2D eigenvalue weighted by atomic mass is 19.1. The summed E-state index contributed by atoms with van der Waals surface area (Å²) in [5, 5.41) is 7.73. The SMILES string of the molecule is CCn1ncc2c1Nc1cc(F)ccc1N(C(=O)C1CCN(c3ccc(C)cn3)CC1)C2. The second kappa shape index (κ2) is 8.26. The van der Waals surface area contributed by atoms with Crippen molar-refractivity contribution in [1.82, 2.24) is 14.8 Å². The number of rotatable bonds is 3. The largest absolute Gasteiger partial charge is 0.357 e. The molecule has 5 rings (SSSR count). The molecule has 2 aliphatic heterocycles. The van der Waals surface area contributed by atoms with E-state index in [0.29, 0.717) is 24.5 Å². The van der Waals surface area contributed by atoms with Gasteiger partial charge in [-0.2, -0.15) is 5.10 Å². The first-order valence-corrected chi connectivity index (χ1v) is 11.1. The first-order valence-electron chi connectivity index (χ1n) is 11.1. The number of piperidine rings is 1. The molecule has 1 N–H and O–H groups in total. The third-order valence-electron chi connectivity index (χ3n) is 6.38. The fraction of sp³-hybridized carbons (Fsp3) is 0.375. The van der Waals surface area contributed by atoms with Crippen LogP contribution in [0.3, 0.4) is 0 Å². The Morgan fingerprint density at radius 3 is 2.72 bits per heavy atom. The molecule has 1 aromatic carbocycles. The standard InChI is InChI=1S/C24H27FN6O/c1-3-31-23-18(14-27-31)15-30(21-6-5-19(25)12-20(21)28-23)24(32)17-8-10-29(11-9-17)22-7-4-16(2)13-26-22/h4-7,12-14,17,28H,3,8-11,15H2,1-2H3. The molecule has 7 nitrogen and oxygen atoms in total. The third-order valence-corrected chi connectivity index (χ3v) is 6.38. The molecule has 0 bridgehead atoms. The molecule has 0 saturated carbocycles. The molecule has 1 fully saturated rings. The van der Waals surface area contributed by atoms with E-state index in [2.05, 4.69) is 26.4 Å². The lowest BCUT2D eigenvalue weighted by molar-refractivity contribution is -0.123. The molecule has 32 heavy (non-hydrogen) atoms. The molecule has 1 saturated heterocycles. The topological polar surface area (TPSA) is 66.3 Å². The van der Waals surface area contributed by atoms with Crippen LogP contribution in [-0.4, -0.2) is 33.8 Å². The molecule has 0 radical (unpaired) electrons. The highest BCUT2D eigenvalue weighted by Gasteiger charge is 2.33. The number of aryl methyl sites for hydroxylation is 2. The zero-order valence-corrected chi connectivity index (χ0v) is 18.4. The van der Waals surface area contributed by atoms with Gasteiger partial charge in [0.15, 0.2) is 0 Å². The average molecular weight is 435 g/mol. The van der Waals surface area contributed by atoms with E-state index in [1.807, 2.05) is 30.8 Å². The average Bonchev–Trinajstić information content (AvgIpc) is 3.11. The molecule has 2 aliphatic rings. The van der Waals surface area contributed by atoms with Crippen LogP contribution in [0, 0.1) is 18.7 Å². The van der Waals surface area contributed by atoms with E-state index in [0.717, 1.165) is 48.7 Å². The molecule has 0 atom stereocenters. The predicted octanol–water partition coefficient (Wildman–Crippen LogP) is 4.25. The first-order chi connectivity index (χ1) is 15.5. The summed E-state index contributed by atoms with van der Waals surface area (Å²) < 4.78 is 15.9. The van der Waals surface area contributed by atoms with Crippen LogP contribution in [0.1, 0.15) is 30.9 Å². The lowest BCUT2D eigenvalue weighted by Gasteiger charge is -2.34. The van der Waals surface area contributed by atoms with E-state index < -0.39 is 0 Å². The Kier molecular flexibility index (Phi) is 5.28. The minimum Gasteiger partial charge on any atom is -0.357 e. The van der Waals surface area contributed by atoms with E-state index in [1.165, 1.54) is 12.1 Å². The summed E-state index contributed by atoms with van der Waals surface area (Å²) in [4.78, 5) is 22.2. The highest BCUT2D eigenvalue weighted by molar-refractivity contribution is 5.99. The van der Waals surface area contributed by atoms with Crippen LogP contribution in [0.5, 0.6) is 0 Å². The predicted molar refractivity (Wildman–Crippen MR) is 123 cm³/mol. The molecule has 2 aromatic heterocycles. The summed E-state index contributed by atoms with van der Waals surface area (Å²) in [6.07, 6.45) is 5.19. The van der Waals surface area contributed by atoms with E-state index in [9.17, 15) is 9.18 Å². The number of anilines is 4. The van der Waals surface area contributed by atoms with E-state index >= 15 is 0 Å². The number of carbonyl (C=O) groups is 1. The monoisotopic (exact) mass is 434 g/mol. The van der Waals surface area contributed by atoms with Gasteiger partial charge in [-0.3, -0.25) is 4.79 Å². The molecular formula is C24H27FN6O. The molecule has 3 aromatic rings. The quantitative estimate of drug-likeness (QED) is 0.668. The number of nitrogens with one attached hydrogen (secondary N) is 1. The van der Waals surface area contributed by atoms with Gasteiger partial charge in [0, 0.05) is 37.3 Å². The van der Waals surface area contributed by atoms with Crippen LogP contribution in [0.4, 0.5) is 27.4 Å². The van der Waals surface area contributed by atoms with Crippen molar-refractivity contribution in [2.45, 2.75) is 39.8 Å². The minimum atomic E-state index is -0.339. The van der Waals surface area contributed by atoms with Crippen molar-refractivity contribution in [3.63, 3.8) is 0 Å². The van der Waals surface area contributed by atoms with Crippen LogP contribution in [0.2, 0.25) is 0 Å². The van der Waals surface area contributed by atoms with Gasteiger partial charge in [-0.1, -0.05) is 6.07 Å². The number of halogens is 1. The van der Waals surface area contributed by atoms with Crippen molar-refractivity contribution in [3.05, 3.63) is 59.7 Å². The van der Waals surface area contributed by atoms with Gasteiger partial charge in [0.2, 0.25) is 5.91 Å². The summed E-state index contributed by atoms with van der Waals surface area (Å²) in [5.74, 6) is 1.42. The van der Waals surface area contributed by atoms with E-state index in [4.69, 9.17) is 0 Å². The van der Waals surface area contributed by atoms with Crippen molar-refractivity contribution in [3.8, 4) is 0 Å². The fourth-order valence-electron chi connectivity index (χ4n) is 4.57. The van der Waals surface area contributed by atoms with Gasteiger partial charge in [0.05, 0.1) is 24.1 Å². The van der Waals surface area contributed by atoms with Gasteiger partial charge in [0.1, 0.15) is 17.5 Å². The lowest BCUT2D eigenvalue weighted by Crippen LogP contribution is -2.42. The Hall–Kier alpha value is -3.42. The van der Waals surface area contributed by atoms with Crippen LogP contribution >= 0.6 is 0 Å². The summed E-state index contributed by atoms with van der Waals surface area (Å²) in [7, 11) is 0. The number of fused-ring (bicyclic) bond motifs is 2. The number of pyridine rings is 1. The second-order valence-corrected chi connectivity index (χ2v) is 8.50. The maximum atomic E-state index is 14.0. The van der Waals surface area contributed by atoms with Gasteiger partial charge < -0.3 is 15.1 Å². The molecule has 8 heteroatoms. The second-order valence-electron chi connectivity index (χ2n) is 8.50. The Bertz CT molecular complexity index is 1130. The van der Waals surface area contributed by atoms with Crippen LogP contribution in [0.25, 0.3) is 0 Å². The van der Waals surface area contributed by atoms with Gasteiger partial charge >= 0.3 is 0 Å². The Morgan fingerprint density at radius 2 is 2.00 bits per heavy atom. The number of carbonyl (C=O) groups excluding carboxylic acids is 1. The number of aromatic nitrogens is 3. The summed E-state index contributed by atoms with van der Waals surface area (Å²) >= 11 is 0. The Morgan fingerprint density at radius 1 is 1.19 bits per heavy atom. The molecule has 166 valence electrons. The minimum absolute atomic E-state index is 0.0771. The van der Waals surface area contributed by atoms with Crippen molar-refractivity contribution in [1.29, 1.82) is 0 Å². The number of nitrogens with zero attached hydrogens (tertiary/aromatic N) is 5. The number of hydrogen-bond donors (Lipinski definition) is 1. The molecule has 4 heterocycles. The van der Waals surface area contributed by atoms with Crippen molar-refractivity contribution >= 4 is 28.9 Å². The Labute approximate surface area is 186 Å². The third kappa shape index (κ3) is 3.70. The van der Waals surface area contributed by atoms with Crippen LogP contribution < -0.4 is 15.1 Å². The van der Waals surface area contributed by atoms with Crippen molar-refractivity contribution < 1.29 is 9.18 Å². The molecule has 0 unspecified atom stereocenters. The number of hydrogen-bond acceptors (Lipinski definition) is 5. The summed E-state index contributed by atoms with van der Waals surface area (Å²) in [5.41, 5.74) is 3.36. The van der Waals surface area contributed by atoms with Gasteiger partial charge in [-0.25, -0.2) is 14.1 Å². The number of amides is 1. The van der Waals surface area contributed by atoms with E-state index in [1.54, 1.807) is 17.2 Å². The van der Waals surface area contributed by atoms with Gasteiger partial charge in [0.25, 0.3) is 0 Å². The fourth-order valence-corrected chi connectivity index (χ4v) is 4.57. The summed E-state index contributed by atoms with van der Waals surface area (Å²) in [6, 6.07) is 8.65. The zero-order valence-electron chi connectivity index (χ0n) is 18.4. The maximum absolute atomic E-state index is 14.0. The molecule has 0 spiro atoms. The Balaban J connectivity index is 1.39. The van der Waals surface area contributed by atoms with Crippen LogP contribution in [0.15, 0.2) is 42.7 Å². The molecular weight excluding hydrogens is 407 g/mol. The molecule has 0 aliphatic carbocycles. The van der Waals surface area contributed by atoms with Gasteiger partial charge in [-0.05, 0) is 56.5 Å². The lowest BCUT2D eigenvalue weighted by atomic mass is 9.94. The zero-order chi connectivity index (χ0) is 22.2. The first kappa shape index (κ1) is 20.5. The smallest absolute Gasteiger partial charge is 0.230 e. The van der Waals surface area contributed by atoms with Crippen molar-refractivity contribution in [2.24, 2.45) is 5.92 Å². The van der Waals surface area contributed by atoms with Gasteiger partial charge in [-0.15, -0.1) is 0 Å².